The van der Waals surface area contributed by atoms with Crippen LogP contribution in [0.15, 0.2) is 0 Å². The Hall–Kier alpha value is -0.610. The third-order valence-electron chi connectivity index (χ3n) is 4.01. The molecule has 2 unspecified atom stereocenters. The summed E-state index contributed by atoms with van der Waals surface area (Å²) < 4.78 is 5.56. The quantitative estimate of drug-likeness (QED) is 0.630. The first kappa shape index (κ1) is 18.4. The van der Waals surface area contributed by atoms with Crippen molar-refractivity contribution in [3.05, 3.63) is 0 Å². The smallest absolute Gasteiger partial charge is 0.241 e. The Morgan fingerprint density at radius 3 is 2.48 bits per heavy atom. The lowest BCUT2D eigenvalue weighted by molar-refractivity contribution is -0.130. The van der Waals surface area contributed by atoms with Crippen LogP contribution in [0.4, 0.5) is 0 Å². The van der Waals surface area contributed by atoms with E-state index in [9.17, 15) is 4.79 Å². The summed E-state index contributed by atoms with van der Waals surface area (Å²) in [4.78, 5) is 14.6. The van der Waals surface area contributed by atoms with Gasteiger partial charge < -0.3 is 9.64 Å². The first-order valence-corrected chi connectivity index (χ1v) is 8.65. The average molecular weight is 298 g/mol. The van der Waals surface area contributed by atoms with Gasteiger partial charge in [0.2, 0.25) is 5.91 Å². The molecule has 0 saturated carbocycles. The first-order valence-electron chi connectivity index (χ1n) is 8.65. The van der Waals surface area contributed by atoms with Crippen molar-refractivity contribution in [1.82, 2.24) is 10.2 Å². The van der Waals surface area contributed by atoms with Crippen molar-refractivity contribution in [3.63, 3.8) is 0 Å². The van der Waals surface area contributed by atoms with Crippen LogP contribution in [0.2, 0.25) is 0 Å². The third-order valence-corrected chi connectivity index (χ3v) is 4.01. The summed E-state index contributed by atoms with van der Waals surface area (Å²) in [5.41, 5.74) is 0. The van der Waals surface area contributed by atoms with E-state index < -0.39 is 0 Å². The van der Waals surface area contributed by atoms with Crippen molar-refractivity contribution in [2.45, 2.75) is 85.0 Å². The van der Waals surface area contributed by atoms with E-state index in [4.69, 9.17) is 4.74 Å². The number of unbranched alkanes of at least 4 members (excludes halogenated alkanes) is 2. The molecule has 4 heteroatoms. The molecule has 1 amide bonds. The van der Waals surface area contributed by atoms with Crippen LogP contribution >= 0.6 is 0 Å². The summed E-state index contributed by atoms with van der Waals surface area (Å²) in [5, 5.41) is 3.53. The fourth-order valence-corrected chi connectivity index (χ4v) is 2.82. The van der Waals surface area contributed by atoms with Crippen molar-refractivity contribution in [1.29, 1.82) is 0 Å². The Bertz CT molecular complexity index is 305. The van der Waals surface area contributed by atoms with Crippen LogP contribution in [0.3, 0.4) is 0 Å². The maximum atomic E-state index is 12.5. The zero-order valence-corrected chi connectivity index (χ0v) is 14.5. The SMILES string of the molecule is CCCCC1NC(C(C)C)N(CCCCOC(C)C)C1=O. The lowest BCUT2D eigenvalue weighted by Gasteiger charge is -2.27. The van der Waals surface area contributed by atoms with E-state index in [0.29, 0.717) is 17.9 Å². The molecule has 0 radical (unpaired) electrons. The molecule has 0 spiro atoms. The number of carbonyl (C=O) groups excluding carboxylic acids is 1. The van der Waals surface area contributed by atoms with E-state index >= 15 is 0 Å². The lowest BCUT2D eigenvalue weighted by atomic mass is 10.1. The molecule has 0 aliphatic carbocycles. The minimum Gasteiger partial charge on any atom is -0.379 e. The summed E-state index contributed by atoms with van der Waals surface area (Å²) in [6, 6.07) is 0.0317. The monoisotopic (exact) mass is 298 g/mol. The van der Waals surface area contributed by atoms with Crippen LogP contribution in [-0.2, 0) is 9.53 Å². The molecule has 1 aliphatic heterocycles. The van der Waals surface area contributed by atoms with Crippen molar-refractivity contribution in [2.75, 3.05) is 13.2 Å². The number of hydrogen-bond donors (Lipinski definition) is 1. The number of rotatable bonds is 10. The highest BCUT2D eigenvalue weighted by Crippen LogP contribution is 2.21. The normalized spacial score (nSPS) is 22.8. The molecule has 0 aromatic rings. The van der Waals surface area contributed by atoms with Crippen LogP contribution in [0.1, 0.15) is 66.7 Å². The molecule has 2 atom stereocenters. The molecule has 4 nitrogen and oxygen atoms in total. The third kappa shape index (κ3) is 5.95. The molecular formula is C17H34N2O2. The van der Waals surface area contributed by atoms with Gasteiger partial charge in [0.25, 0.3) is 0 Å². The Balaban J connectivity index is 2.42. The predicted molar refractivity (Wildman–Crippen MR) is 87.1 cm³/mol. The molecule has 0 bridgehead atoms. The van der Waals surface area contributed by atoms with E-state index in [0.717, 1.165) is 45.3 Å². The summed E-state index contributed by atoms with van der Waals surface area (Å²) in [5.74, 6) is 0.749. The van der Waals surface area contributed by atoms with Gasteiger partial charge in [0, 0.05) is 13.2 Å². The van der Waals surface area contributed by atoms with E-state index in [-0.39, 0.29) is 12.2 Å². The zero-order chi connectivity index (χ0) is 15.8. The van der Waals surface area contributed by atoms with Crippen LogP contribution < -0.4 is 5.32 Å². The molecule has 0 aromatic heterocycles. The summed E-state index contributed by atoms with van der Waals surface area (Å²) in [7, 11) is 0. The molecule has 1 aliphatic rings. The highest BCUT2D eigenvalue weighted by molar-refractivity contribution is 5.84. The molecule has 124 valence electrons. The largest absolute Gasteiger partial charge is 0.379 e. The van der Waals surface area contributed by atoms with E-state index in [1.54, 1.807) is 0 Å². The fourth-order valence-electron chi connectivity index (χ4n) is 2.82. The highest BCUT2D eigenvalue weighted by Gasteiger charge is 2.39. The minimum atomic E-state index is 0.0317. The molecule has 1 N–H and O–H groups in total. The summed E-state index contributed by atoms with van der Waals surface area (Å²) in [6.45, 7) is 12.3. The van der Waals surface area contributed by atoms with Gasteiger partial charge in [0.05, 0.1) is 18.3 Å². The maximum Gasteiger partial charge on any atom is 0.241 e. The van der Waals surface area contributed by atoms with Crippen LogP contribution in [0, 0.1) is 5.92 Å². The number of amides is 1. The van der Waals surface area contributed by atoms with Crippen molar-refractivity contribution in [3.8, 4) is 0 Å². The highest BCUT2D eigenvalue weighted by atomic mass is 16.5. The van der Waals surface area contributed by atoms with Crippen LogP contribution in [0.25, 0.3) is 0 Å². The van der Waals surface area contributed by atoms with E-state index in [1.807, 2.05) is 0 Å². The van der Waals surface area contributed by atoms with Gasteiger partial charge in [-0.3, -0.25) is 10.1 Å². The molecule has 0 aromatic carbocycles. The zero-order valence-electron chi connectivity index (χ0n) is 14.5. The Kier molecular flexibility index (Phi) is 8.27. The minimum absolute atomic E-state index is 0.0317. The maximum absolute atomic E-state index is 12.5. The molecule has 1 heterocycles. The molecular weight excluding hydrogens is 264 g/mol. The predicted octanol–water partition coefficient (Wildman–Crippen LogP) is 3.16. The molecule has 21 heavy (non-hydrogen) atoms. The Morgan fingerprint density at radius 2 is 1.90 bits per heavy atom. The standard InChI is InChI=1S/C17H34N2O2/c1-6-7-10-15-17(20)19(16(18-15)13(2)3)11-8-9-12-21-14(4)5/h13-16,18H,6-12H2,1-5H3. The van der Waals surface area contributed by atoms with Crippen molar-refractivity contribution < 1.29 is 9.53 Å². The second-order valence-corrected chi connectivity index (χ2v) is 6.71. The average Bonchev–Trinajstić information content (AvgIpc) is 2.73. The lowest BCUT2D eigenvalue weighted by Crippen LogP contribution is -2.42. The first-order chi connectivity index (χ1) is 9.97. The second-order valence-electron chi connectivity index (χ2n) is 6.71. The number of ether oxygens (including phenoxy) is 1. The summed E-state index contributed by atoms with van der Waals surface area (Å²) in [6.07, 6.45) is 5.75. The van der Waals surface area contributed by atoms with Gasteiger partial charge in [-0.05, 0) is 39.0 Å². The molecule has 1 saturated heterocycles. The second kappa shape index (κ2) is 9.42. The Morgan fingerprint density at radius 1 is 1.19 bits per heavy atom. The van der Waals surface area contributed by atoms with Crippen molar-refractivity contribution in [2.24, 2.45) is 5.92 Å². The number of nitrogens with one attached hydrogen (secondary N) is 1. The van der Waals surface area contributed by atoms with Gasteiger partial charge in [-0.2, -0.15) is 0 Å². The van der Waals surface area contributed by atoms with E-state index in [2.05, 4.69) is 44.8 Å². The Labute approximate surface area is 130 Å². The molecule has 1 rings (SSSR count). The number of hydrogen-bond acceptors (Lipinski definition) is 3. The molecule has 1 fully saturated rings. The van der Waals surface area contributed by atoms with E-state index in [1.165, 1.54) is 0 Å². The van der Waals surface area contributed by atoms with Crippen molar-refractivity contribution >= 4 is 5.91 Å². The fraction of sp³-hybridized carbons (Fsp3) is 0.941. The topological polar surface area (TPSA) is 41.6 Å². The van der Waals surface area contributed by atoms with Crippen LogP contribution in [-0.4, -0.2) is 42.3 Å². The van der Waals surface area contributed by atoms with Gasteiger partial charge >= 0.3 is 0 Å². The van der Waals surface area contributed by atoms with Gasteiger partial charge in [-0.25, -0.2) is 0 Å². The number of carbonyl (C=O) groups is 1. The summed E-state index contributed by atoms with van der Waals surface area (Å²) >= 11 is 0. The number of nitrogens with zero attached hydrogens (tertiary/aromatic N) is 1. The van der Waals surface area contributed by atoms with Crippen LogP contribution in [0.5, 0.6) is 0 Å². The van der Waals surface area contributed by atoms with Gasteiger partial charge in [-0.15, -0.1) is 0 Å². The van der Waals surface area contributed by atoms with Gasteiger partial charge in [-0.1, -0.05) is 33.6 Å². The van der Waals surface area contributed by atoms with Gasteiger partial charge in [0.1, 0.15) is 0 Å². The van der Waals surface area contributed by atoms with Gasteiger partial charge in [0.15, 0.2) is 0 Å².